The van der Waals surface area contributed by atoms with E-state index >= 15 is 0 Å². The highest BCUT2D eigenvalue weighted by Gasteiger charge is 2.22. The summed E-state index contributed by atoms with van der Waals surface area (Å²) in [6.07, 6.45) is 4.72. The molecule has 1 saturated carbocycles. The minimum absolute atomic E-state index is 0.0186. The van der Waals surface area contributed by atoms with E-state index in [1.807, 2.05) is 0 Å². The zero-order valence-electron chi connectivity index (χ0n) is 10.8. The van der Waals surface area contributed by atoms with Crippen molar-refractivity contribution in [3.8, 4) is 0 Å². The maximum absolute atomic E-state index is 13.5. The van der Waals surface area contributed by atoms with Gasteiger partial charge in [0.15, 0.2) is 0 Å². The van der Waals surface area contributed by atoms with E-state index in [1.54, 1.807) is 12.1 Å². The van der Waals surface area contributed by atoms with Gasteiger partial charge in [0, 0.05) is 5.92 Å². The molecular formula is C14H14FN3OS. The molecule has 1 aliphatic carbocycles. The number of hydrogen-bond acceptors (Lipinski definition) is 4. The molecule has 0 radical (unpaired) electrons. The molecule has 1 aromatic heterocycles. The number of aromatic nitrogens is 2. The molecule has 1 fully saturated rings. The van der Waals surface area contributed by atoms with Gasteiger partial charge in [-0.15, -0.1) is 10.2 Å². The van der Waals surface area contributed by atoms with Crippen LogP contribution in [0.5, 0.6) is 0 Å². The fourth-order valence-electron chi connectivity index (χ4n) is 2.43. The van der Waals surface area contributed by atoms with Gasteiger partial charge >= 0.3 is 0 Å². The molecule has 2 aromatic rings. The third-order valence-corrected chi connectivity index (χ3v) is 4.49. The lowest BCUT2D eigenvalue weighted by molar-refractivity contribution is 0.102. The number of carbonyl (C=O) groups excluding carboxylic acids is 1. The van der Waals surface area contributed by atoms with E-state index in [1.165, 1.54) is 36.3 Å². The summed E-state index contributed by atoms with van der Waals surface area (Å²) in [7, 11) is 0. The molecule has 4 nitrogen and oxygen atoms in total. The number of halogens is 1. The Balaban J connectivity index is 1.72. The van der Waals surface area contributed by atoms with Crippen LogP contribution in [0.25, 0.3) is 0 Å². The second-order valence-electron chi connectivity index (χ2n) is 4.86. The van der Waals surface area contributed by atoms with Crippen molar-refractivity contribution in [3.63, 3.8) is 0 Å². The average molecular weight is 291 g/mol. The van der Waals surface area contributed by atoms with Crippen LogP contribution >= 0.6 is 11.3 Å². The number of nitrogens with one attached hydrogen (secondary N) is 1. The van der Waals surface area contributed by atoms with E-state index in [0.717, 1.165) is 17.8 Å². The van der Waals surface area contributed by atoms with Gasteiger partial charge in [-0.3, -0.25) is 10.1 Å². The molecule has 1 heterocycles. The number of benzene rings is 1. The standard InChI is InChI=1S/C14H14FN3OS/c15-11-8-4-3-7-10(11)12(19)16-14-18-17-13(20-14)9-5-1-2-6-9/h3-4,7-9H,1-2,5-6H2,(H,16,18,19). The predicted molar refractivity (Wildman–Crippen MR) is 75.5 cm³/mol. The molecule has 0 spiro atoms. The van der Waals surface area contributed by atoms with Gasteiger partial charge in [-0.2, -0.15) is 0 Å². The maximum Gasteiger partial charge on any atom is 0.260 e. The van der Waals surface area contributed by atoms with Gasteiger partial charge in [-0.25, -0.2) is 4.39 Å². The van der Waals surface area contributed by atoms with Crippen molar-refractivity contribution in [2.75, 3.05) is 5.32 Å². The first-order chi connectivity index (χ1) is 9.74. The molecule has 104 valence electrons. The zero-order valence-corrected chi connectivity index (χ0v) is 11.6. The third-order valence-electron chi connectivity index (χ3n) is 3.48. The van der Waals surface area contributed by atoms with E-state index < -0.39 is 11.7 Å². The highest BCUT2D eigenvalue weighted by atomic mass is 32.1. The van der Waals surface area contributed by atoms with Crippen LogP contribution in [0.4, 0.5) is 9.52 Å². The number of hydrogen-bond donors (Lipinski definition) is 1. The lowest BCUT2D eigenvalue weighted by Crippen LogP contribution is -2.13. The minimum atomic E-state index is -0.537. The number of amides is 1. The van der Waals surface area contributed by atoms with Crippen LogP contribution in [0.2, 0.25) is 0 Å². The summed E-state index contributed by atoms with van der Waals surface area (Å²) in [4.78, 5) is 12.0. The van der Waals surface area contributed by atoms with Crippen LogP contribution < -0.4 is 5.32 Å². The Bertz CT molecular complexity index is 622. The molecule has 1 N–H and O–H groups in total. The van der Waals surface area contributed by atoms with Crippen LogP contribution in [0.15, 0.2) is 24.3 Å². The highest BCUT2D eigenvalue weighted by molar-refractivity contribution is 7.15. The second-order valence-corrected chi connectivity index (χ2v) is 5.87. The lowest BCUT2D eigenvalue weighted by atomic mass is 10.1. The molecule has 0 saturated heterocycles. The third kappa shape index (κ3) is 2.70. The van der Waals surface area contributed by atoms with Crippen LogP contribution in [0.1, 0.15) is 47.0 Å². The van der Waals surface area contributed by atoms with Crippen LogP contribution in [0.3, 0.4) is 0 Å². The zero-order chi connectivity index (χ0) is 13.9. The van der Waals surface area contributed by atoms with Gasteiger partial charge in [0.2, 0.25) is 5.13 Å². The van der Waals surface area contributed by atoms with Crippen LogP contribution in [-0.4, -0.2) is 16.1 Å². The Morgan fingerprint density at radius 3 is 2.75 bits per heavy atom. The molecule has 0 aliphatic heterocycles. The number of rotatable bonds is 3. The molecular weight excluding hydrogens is 277 g/mol. The molecule has 20 heavy (non-hydrogen) atoms. The van der Waals surface area contributed by atoms with Crippen molar-refractivity contribution < 1.29 is 9.18 Å². The van der Waals surface area contributed by atoms with Crippen molar-refractivity contribution in [2.45, 2.75) is 31.6 Å². The normalized spacial score (nSPS) is 15.4. The number of anilines is 1. The summed E-state index contributed by atoms with van der Waals surface area (Å²) in [6, 6.07) is 5.89. The summed E-state index contributed by atoms with van der Waals surface area (Å²) in [5.41, 5.74) is 0.0186. The van der Waals surface area contributed by atoms with Crippen LogP contribution in [-0.2, 0) is 0 Å². The van der Waals surface area contributed by atoms with E-state index in [4.69, 9.17) is 0 Å². The highest BCUT2D eigenvalue weighted by Crippen LogP contribution is 2.36. The molecule has 0 unspecified atom stereocenters. The predicted octanol–water partition coefficient (Wildman–Crippen LogP) is 3.59. The summed E-state index contributed by atoms with van der Waals surface area (Å²) in [6.45, 7) is 0. The monoisotopic (exact) mass is 291 g/mol. The van der Waals surface area contributed by atoms with Crippen LogP contribution in [0, 0.1) is 5.82 Å². The van der Waals surface area contributed by atoms with E-state index in [-0.39, 0.29) is 5.56 Å². The Labute approximate surface area is 120 Å². The number of carbonyl (C=O) groups is 1. The smallest absolute Gasteiger partial charge is 0.260 e. The molecule has 0 atom stereocenters. The Kier molecular flexibility index (Phi) is 3.73. The minimum Gasteiger partial charge on any atom is -0.296 e. The topological polar surface area (TPSA) is 54.9 Å². The van der Waals surface area contributed by atoms with Crippen molar-refractivity contribution in [2.24, 2.45) is 0 Å². The SMILES string of the molecule is O=C(Nc1nnc(C2CCCC2)s1)c1ccccc1F. The summed E-state index contributed by atoms with van der Waals surface area (Å²) in [5, 5.41) is 12.1. The first-order valence-electron chi connectivity index (χ1n) is 6.63. The fraction of sp³-hybridized carbons (Fsp3) is 0.357. The molecule has 1 aliphatic rings. The van der Waals surface area contributed by atoms with E-state index in [0.29, 0.717) is 11.0 Å². The molecule has 0 bridgehead atoms. The number of nitrogens with zero attached hydrogens (tertiary/aromatic N) is 2. The summed E-state index contributed by atoms with van der Waals surface area (Å²) < 4.78 is 13.5. The van der Waals surface area contributed by atoms with Gasteiger partial charge in [-0.05, 0) is 25.0 Å². The lowest BCUT2D eigenvalue weighted by Gasteiger charge is -2.02. The first kappa shape index (κ1) is 13.2. The maximum atomic E-state index is 13.5. The van der Waals surface area contributed by atoms with Crippen molar-refractivity contribution >= 4 is 22.4 Å². The van der Waals surface area contributed by atoms with E-state index in [2.05, 4.69) is 15.5 Å². The van der Waals surface area contributed by atoms with Gasteiger partial charge in [0.25, 0.3) is 5.91 Å². The van der Waals surface area contributed by atoms with Gasteiger partial charge < -0.3 is 0 Å². The van der Waals surface area contributed by atoms with Gasteiger partial charge in [0.1, 0.15) is 10.8 Å². The Hall–Kier alpha value is -1.82. The molecule has 1 amide bonds. The largest absolute Gasteiger partial charge is 0.296 e. The molecule has 1 aromatic carbocycles. The first-order valence-corrected chi connectivity index (χ1v) is 7.45. The van der Waals surface area contributed by atoms with Gasteiger partial charge in [-0.1, -0.05) is 36.3 Å². The summed E-state index contributed by atoms with van der Waals surface area (Å²) >= 11 is 1.38. The van der Waals surface area contributed by atoms with Crippen molar-refractivity contribution in [1.82, 2.24) is 10.2 Å². The van der Waals surface area contributed by atoms with Crippen molar-refractivity contribution in [1.29, 1.82) is 0 Å². The molecule has 3 rings (SSSR count). The fourth-order valence-corrected chi connectivity index (χ4v) is 3.34. The second kappa shape index (κ2) is 5.66. The molecule has 6 heteroatoms. The van der Waals surface area contributed by atoms with Crippen molar-refractivity contribution in [3.05, 3.63) is 40.7 Å². The van der Waals surface area contributed by atoms with Gasteiger partial charge in [0.05, 0.1) is 5.56 Å². The average Bonchev–Trinajstić information content (AvgIpc) is 3.09. The van der Waals surface area contributed by atoms with E-state index in [9.17, 15) is 9.18 Å². The quantitative estimate of drug-likeness (QED) is 0.940. The Morgan fingerprint density at radius 1 is 1.25 bits per heavy atom. The summed E-state index contributed by atoms with van der Waals surface area (Å²) in [5.74, 6) is -0.561. The Morgan fingerprint density at radius 2 is 2.00 bits per heavy atom.